The van der Waals surface area contributed by atoms with Gasteiger partial charge < -0.3 is 20.3 Å². The van der Waals surface area contributed by atoms with Gasteiger partial charge in [0.1, 0.15) is 40.8 Å². The Balaban J connectivity index is 1.36. The fourth-order valence-corrected chi connectivity index (χ4v) is 4.32. The van der Waals surface area contributed by atoms with Gasteiger partial charge in [-0.05, 0) is 25.1 Å². The topological polar surface area (TPSA) is 118 Å². The summed E-state index contributed by atoms with van der Waals surface area (Å²) in [7, 11) is 0. The molecular weight excluding hydrogens is 520 g/mol. The molecule has 0 spiro atoms. The van der Waals surface area contributed by atoms with E-state index in [-0.39, 0.29) is 23.1 Å². The number of nitrogens with one attached hydrogen (secondary N) is 2. The second-order valence-electron chi connectivity index (χ2n) is 8.88. The molecule has 39 heavy (non-hydrogen) atoms. The van der Waals surface area contributed by atoms with Crippen molar-refractivity contribution in [3.05, 3.63) is 60.7 Å². The largest absolute Gasteiger partial charge is 0.456 e. The molecule has 0 radical (unpaired) electrons. The van der Waals surface area contributed by atoms with Crippen LogP contribution in [0.15, 0.2) is 49.3 Å². The van der Waals surface area contributed by atoms with E-state index >= 15 is 4.39 Å². The van der Waals surface area contributed by atoms with Crippen molar-refractivity contribution < 1.29 is 22.3 Å². The molecule has 1 atom stereocenters. The van der Waals surface area contributed by atoms with Crippen LogP contribution >= 0.6 is 0 Å². The zero-order chi connectivity index (χ0) is 27.1. The average molecular weight is 540 g/mol. The van der Waals surface area contributed by atoms with Crippen LogP contribution in [-0.4, -0.2) is 60.2 Å². The fourth-order valence-electron chi connectivity index (χ4n) is 4.32. The number of nitrogens with zero attached hydrogens (tertiary/aromatic N) is 8. The van der Waals surface area contributed by atoms with E-state index in [0.717, 1.165) is 18.7 Å². The maximum Gasteiger partial charge on any atom is 0.422 e. The quantitative estimate of drug-likeness (QED) is 0.317. The number of halogens is 4. The first kappa shape index (κ1) is 24.7. The standard InChI is InChI=1S/C24H20F4N10O/c1-13-10-37(7-5-29-13)23-30-9-16-21(36-23)22(33-11-31-16)35-15-2-3-17(19(20(15)25)24(26,27)28)39-14-4-6-38-18(8-14)32-12-34-38/h2-4,6,8-9,11-13,29H,5,7,10H2,1H3,(H,31,33,35)/t13-/m1/s1. The van der Waals surface area contributed by atoms with Gasteiger partial charge in [-0.25, -0.2) is 33.8 Å². The molecular formula is C24H20F4N10O. The highest BCUT2D eigenvalue weighted by Crippen LogP contribution is 2.43. The van der Waals surface area contributed by atoms with Gasteiger partial charge in [-0.2, -0.15) is 18.3 Å². The lowest BCUT2D eigenvalue weighted by Gasteiger charge is -2.31. The van der Waals surface area contributed by atoms with Crippen molar-refractivity contribution in [3.8, 4) is 11.5 Å². The highest BCUT2D eigenvalue weighted by Gasteiger charge is 2.39. The van der Waals surface area contributed by atoms with Crippen molar-refractivity contribution >= 4 is 34.1 Å². The first-order valence-corrected chi connectivity index (χ1v) is 11.9. The van der Waals surface area contributed by atoms with Gasteiger partial charge in [-0.3, -0.25) is 0 Å². The van der Waals surface area contributed by atoms with Crippen LogP contribution in [0.5, 0.6) is 11.5 Å². The second-order valence-corrected chi connectivity index (χ2v) is 8.88. The number of hydrogen-bond acceptors (Lipinski definition) is 10. The molecule has 0 unspecified atom stereocenters. The number of benzene rings is 1. The van der Waals surface area contributed by atoms with E-state index in [1.807, 2.05) is 11.8 Å². The number of aromatic nitrogens is 7. The molecule has 5 aromatic rings. The van der Waals surface area contributed by atoms with Gasteiger partial charge in [0.15, 0.2) is 17.3 Å². The minimum absolute atomic E-state index is 0.0322. The van der Waals surface area contributed by atoms with E-state index in [4.69, 9.17) is 4.74 Å². The van der Waals surface area contributed by atoms with Crippen molar-refractivity contribution in [1.29, 1.82) is 0 Å². The molecule has 11 nitrogen and oxygen atoms in total. The van der Waals surface area contributed by atoms with Crippen molar-refractivity contribution in [2.75, 3.05) is 29.9 Å². The zero-order valence-corrected chi connectivity index (χ0v) is 20.3. The molecule has 15 heteroatoms. The van der Waals surface area contributed by atoms with E-state index in [2.05, 4.69) is 40.7 Å². The van der Waals surface area contributed by atoms with Crippen molar-refractivity contribution in [2.24, 2.45) is 0 Å². The summed E-state index contributed by atoms with van der Waals surface area (Å²) >= 11 is 0. The maximum absolute atomic E-state index is 15.5. The summed E-state index contributed by atoms with van der Waals surface area (Å²) in [6.45, 7) is 4.11. The normalized spacial score (nSPS) is 16.1. The molecule has 1 fully saturated rings. The molecule has 0 saturated carbocycles. The fraction of sp³-hybridized carbons (Fsp3) is 0.250. The summed E-state index contributed by atoms with van der Waals surface area (Å²) in [4.78, 5) is 23.1. The molecule has 0 aliphatic carbocycles. The zero-order valence-electron chi connectivity index (χ0n) is 20.3. The number of pyridine rings is 1. The molecule has 2 N–H and O–H groups in total. The lowest BCUT2D eigenvalue weighted by atomic mass is 10.1. The van der Waals surface area contributed by atoms with Crippen LogP contribution in [0.2, 0.25) is 0 Å². The van der Waals surface area contributed by atoms with E-state index in [9.17, 15) is 13.2 Å². The van der Waals surface area contributed by atoms with Gasteiger partial charge in [0.2, 0.25) is 5.95 Å². The molecule has 6 rings (SSSR count). The lowest BCUT2D eigenvalue weighted by Crippen LogP contribution is -2.49. The maximum atomic E-state index is 15.5. The Morgan fingerprint density at radius 3 is 2.79 bits per heavy atom. The van der Waals surface area contributed by atoms with E-state index < -0.39 is 29.0 Å². The first-order chi connectivity index (χ1) is 18.8. The SMILES string of the molecule is C[C@@H]1CN(c2ncc3ncnc(Nc4ccc(Oc5ccn6ncnc6c5)c(C(F)(F)F)c4F)c3n2)CCN1. The number of ether oxygens (including phenoxy) is 1. The molecule has 1 aliphatic rings. The second kappa shape index (κ2) is 9.58. The predicted molar refractivity (Wildman–Crippen MR) is 133 cm³/mol. The van der Waals surface area contributed by atoms with Crippen LogP contribution < -0.4 is 20.3 Å². The highest BCUT2D eigenvalue weighted by atomic mass is 19.4. The van der Waals surface area contributed by atoms with Crippen LogP contribution in [-0.2, 0) is 6.18 Å². The number of anilines is 3. The summed E-state index contributed by atoms with van der Waals surface area (Å²) in [5.74, 6) is -1.78. The number of hydrogen-bond donors (Lipinski definition) is 2. The first-order valence-electron chi connectivity index (χ1n) is 11.9. The van der Waals surface area contributed by atoms with Gasteiger partial charge in [0.05, 0.1) is 11.9 Å². The summed E-state index contributed by atoms with van der Waals surface area (Å²) in [5.41, 5.74) is -1.09. The van der Waals surface area contributed by atoms with Crippen LogP contribution in [0, 0.1) is 5.82 Å². The minimum Gasteiger partial charge on any atom is -0.456 e. The van der Waals surface area contributed by atoms with Gasteiger partial charge in [0, 0.05) is 37.9 Å². The molecule has 4 aromatic heterocycles. The number of fused-ring (bicyclic) bond motifs is 2. The lowest BCUT2D eigenvalue weighted by molar-refractivity contribution is -0.140. The third kappa shape index (κ3) is 4.83. The smallest absolute Gasteiger partial charge is 0.422 e. The van der Waals surface area contributed by atoms with Crippen LogP contribution in [0.25, 0.3) is 16.7 Å². The summed E-state index contributed by atoms with van der Waals surface area (Å²) in [5, 5.41) is 9.90. The Bertz CT molecular complexity index is 1670. The van der Waals surface area contributed by atoms with Gasteiger partial charge in [-0.1, -0.05) is 0 Å². The highest BCUT2D eigenvalue weighted by molar-refractivity contribution is 5.87. The van der Waals surface area contributed by atoms with Gasteiger partial charge in [0.25, 0.3) is 0 Å². The Labute approximate surface area is 217 Å². The number of alkyl halides is 3. The summed E-state index contributed by atoms with van der Waals surface area (Å²) in [6.07, 6.45) is 0.390. The Morgan fingerprint density at radius 1 is 1.10 bits per heavy atom. The Morgan fingerprint density at radius 2 is 1.97 bits per heavy atom. The number of rotatable bonds is 5. The van der Waals surface area contributed by atoms with Crippen molar-refractivity contribution in [3.63, 3.8) is 0 Å². The van der Waals surface area contributed by atoms with Crippen LogP contribution in [0.1, 0.15) is 12.5 Å². The molecule has 1 saturated heterocycles. The summed E-state index contributed by atoms with van der Waals surface area (Å²) < 4.78 is 64.4. The number of piperazine rings is 1. The van der Waals surface area contributed by atoms with Crippen LogP contribution in [0.3, 0.4) is 0 Å². The third-order valence-electron chi connectivity index (χ3n) is 6.14. The molecule has 1 aromatic carbocycles. The predicted octanol–water partition coefficient (Wildman–Crippen LogP) is 3.95. The van der Waals surface area contributed by atoms with E-state index in [1.54, 1.807) is 0 Å². The van der Waals surface area contributed by atoms with Crippen LogP contribution in [0.4, 0.5) is 35.0 Å². The molecule has 200 valence electrons. The minimum atomic E-state index is -5.06. The summed E-state index contributed by atoms with van der Waals surface area (Å²) in [6, 6.07) is 5.19. The molecule has 0 amide bonds. The monoisotopic (exact) mass is 540 g/mol. The van der Waals surface area contributed by atoms with Gasteiger partial charge >= 0.3 is 6.18 Å². The van der Waals surface area contributed by atoms with Gasteiger partial charge in [-0.15, -0.1) is 0 Å². The van der Waals surface area contributed by atoms with Crippen molar-refractivity contribution in [2.45, 2.75) is 19.1 Å². The van der Waals surface area contributed by atoms with Crippen molar-refractivity contribution in [1.82, 2.24) is 39.9 Å². The van der Waals surface area contributed by atoms with E-state index in [1.165, 1.54) is 41.7 Å². The average Bonchev–Trinajstić information content (AvgIpc) is 3.37. The third-order valence-corrected chi connectivity index (χ3v) is 6.14. The Hall–Kier alpha value is -4.66. The molecule has 0 bridgehead atoms. The molecule has 5 heterocycles. The van der Waals surface area contributed by atoms with E-state index in [0.29, 0.717) is 30.2 Å². The molecule has 1 aliphatic heterocycles. The Kier molecular flexibility index (Phi) is 6.06.